The van der Waals surface area contributed by atoms with Crippen LogP contribution in [0.1, 0.15) is 36.1 Å². The zero-order valence-corrected chi connectivity index (χ0v) is 12.3. The Morgan fingerprint density at radius 2 is 2.18 bits per heavy atom. The molecule has 122 valence electrons. The van der Waals surface area contributed by atoms with Crippen molar-refractivity contribution < 1.29 is 22.7 Å². The van der Waals surface area contributed by atoms with Crippen LogP contribution in [0.2, 0.25) is 0 Å². The number of fused-ring (bicyclic) bond motifs is 1. The lowest BCUT2D eigenvalue weighted by Crippen LogP contribution is -2.47. The third-order valence-corrected chi connectivity index (χ3v) is 4.39. The molecule has 2 unspecified atom stereocenters. The quantitative estimate of drug-likeness (QED) is 0.798. The van der Waals surface area contributed by atoms with Gasteiger partial charge < -0.3 is 14.2 Å². The van der Waals surface area contributed by atoms with Gasteiger partial charge in [0.15, 0.2) is 0 Å². The second-order valence-electron chi connectivity index (χ2n) is 5.90. The van der Waals surface area contributed by atoms with Crippen LogP contribution in [0.5, 0.6) is 0 Å². The third-order valence-electron chi connectivity index (χ3n) is 4.39. The molecule has 0 radical (unpaired) electrons. The SMILES string of the molecule is CC1CC(C(F)(F)F)CCN1C(=O)c1cn2c(n1)COCC2. The van der Waals surface area contributed by atoms with Gasteiger partial charge in [-0.2, -0.15) is 13.2 Å². The third kappa shape index (κ3) is 2.84. The van der Waals surface area contributed by atoms with Gasteiger partial charge in [-0.05, 0) is 19.8 Å². The predicted octanol–water partition coefficient (Wildman–Crippen LogP) is 2.22. The number of carbonyl (C=O) groups excluding carboxylic acids is 1. The van der Waals surface area contributed by atoms with Gasteiger partial charge in [-0.25, -0.2) is 4.98 Å². The molecule has 2 atom stereocenters. The van der Waals surface area contributed by atoms with Crippen molar-refractivity contribution in [2.75, 3.05) is 13.2 Å². The molecule has 1 amide bonds. The standard InChI is InChI=1S/C14H18F3N3O2/c1-9-6-10(14(15,16)17)2-3-20(9)13(21)11-7-19-4-5-22-8-12(19)18-11/h7,9-10H,2-6,8H2,1H3. The van der Waals surface area contributed by atoms with Crippen LogP contribution in [-0.2, 0) is 17.9 Å². The van der Waals surface area contributed by atoms with Crippen LogP contribution < -0.4 is 0 Å². The minimum absolute atomic E-state index is 0.0454. The Kier molecular flexibility index (Phi) is 3.88. The lowest BCUT2D eigenvalue weighted by atomic mass is 9.91. The average Bonchev–Trinajstić information content (AvgIpc) is 2.89. The van der Waals surface area contributed by atoms with E-state index in [1.54, 1.807) is 13.1 Å². The monoisotopic (exact) mass is 317 g/mol. The predicted molar refractivity (Wildman–Crippen MR) is 71.2 cm³/mol. The molecule has 0 spiro atoms. The molecule has 1 aromatic rings. The number of alkyl halides is 3. The molecular formula is C14H18F3N3O2. The smallest absolute Gasteiger partial charge is 0.372 e. The maximum absolute atomic E-state index is 12.8. The number of hydrogen-bond acceptors (Lipinski definition) is 3. The Hall–Kier alpha value is -1.57. The van der Waals surface area contributed by atoms with Crippen LogP contribution >= 0.6 is 0 Å². The van der Waals surface area contributed by atoms with Gasteiger partial charge in [0.05, 0.1) is 12.5 Å². The molecular weight excluding hydrogens is 299 g/mol. The van der Waals surface area contributed by atoms with Crippen molar-refractivity contribution in [3.8, 4) is 0 Å². The highest BCUT2D eigenvalue weighted by Crippen LogP contribution is 2.36. The highest BCUT2D eigenvalue weighted by atomic mass is 19.4. The molecule has 8 heteroatoms. The summed E-state index contributed by atoms with van der Waals surface area (Å²) in [6.07, 6.45) is -2.61. The highest BCUT2D eigenvalue weighted by molar-refractivity contribution is 5.92. The van der Waals surface area contributed by atoms with Crippen LogP contribution in [-0.4, -0.2) is 45.7 Å². The number of amides is 1. The number of imidazole rings is 1. The highest BCUT2D eigenvalue weighted by Gasteiger charge is 2.44. The van der Waals surface area contributed by atoms with E-state index in [2.05, 4.69) is 4.98 Å². The molecule has 1 aromatic heterocycles. The van der Waals surface area contributed by atoms with E-state index in [1.165, 1.54) is 4.90 Å². The van der Waals surface area contributed by atoms with Crippen molar-refractivity contribution in [3.63, 3.8) is 0 Å². The van der Waals surface area contributed by atoms with Crippen LogP contribution in [0.3, 0.4) is 0 Å². The van der Waals surface area contributed by atoms with Crippen molar-refractivity contribution in [2.24, 2.45) is 5.92 Å². The van der Waals surface area contributed by atoms with E-state index in [0.29, 0.717) is 25.6 Å². The summed E-state index contributed by atoms with van der Waals surface area (Å²) in [7, 11) is 0. The van der Waals surface area contributed by atoms with Gasteiger partial charge in [-0.15, -0.1) is 0 Å². The number of nitrogens with zero attached hydrogens (tertiary/aromatic N) is 3. The number of rotatable bonds is 1. The maximum Gasteiger partial charge on any atom is 0.391 e. The summed E-state index contributed by atoms with van der Waals surface area (Å²) < 4.78 is 45.5. The van der Waals surface area contributed by atoms with E-state index in [9.17, 15) is 18.0 Å². The number of halogens is 3. The maximum atomic E-state index is 12.8. The Morgan fingerprint density at radius 3 is 2.82 bits per heavy atom. The van der Waals surface area contributed by atoms with Gasteiger partial charge in [0.25, 0.3) is 5.91 Å². The van der Waals surface area contributed by atoms with Crippen LogP contribution in [0.25, 0.3) is 0 Å². The summed E-state index contributed by atoms with van der Waals surface area (Å²) >= 11 is 0. The Morgan fingerprint density at radius 1 is 1.41 bits per heavy atom. The number of likely N-dealkylation sites (tertiary alicyclic amines) is 1. The number of carbonyl (C=O) groups is 1. The molecule has 0 aliphatic carbocycles. The molecule has 1 saturated heterocycles. The number of piperidine rings is 1. The van der Waals surface area contributed by atoms with E-state index >= 15 is 0 Å². The second-order valence-corrected chi connectivity index (χ2v) is 5.90. The van der Waals surface area contributed by atoms with E-state index < -0.39 is 18.1 Å². The van der Waals surface area contributed by atoms with E-state index in [0.717, 1.165) is 0 Å². The normalized spacial score (nSPS) is 25.9. The van der Waals surface area contributed by atoms with Gasteiger partial charge in [-0.1, -0.05) is 0 Å². The zero-order chi connectivity index (χ0) is 15.9. The Balaban J connectivity index is 1.72. The molecule has 3 heterocycles. The largest absolute Gasteiger partial charge is 0.391 e. The lowest BCUT2D eigenvalue weighted by Gasteiger charge is -2.38. The first-order valence-electron chi connectivity index (χ1n) is 7.37. The van der Waals surface area contributed by atoms with Crippen LogP contribution in [0.15, 0.2) is 6.20 Å². The zero-order valence-electron chi connectivity index (χ0n) is 12.3. The number of ether oxygens (including phenoxy) is 1. The van der Waals surface area contributed by atoms with Gasteiger partial charge in [-0.3, -0.25) is 4.79 Å². The molecule has 3 rings (SSSR count). The molecule has 22 heavy (non-hydrogen) atoms. The average molecular weight is 317 g/mol. The summed E-state index contributed by atoms with van der Waals surface area (Å²) in [6.45, 7) is 3.35. The fraction of sp³-hybridized carbons (Fsp3) is 0.714. The Bertz CT molecular complexity index is 547. The van der Waals surface area contributed by atoms with Crippen LogP contribution in [0, 0.1) is 5.92 Å². The lowest BCUT2D eigenvalue weighted by molar-refractivity contribution is -0.187. The van der Waals surface area contributed by atoms with Gasteiger partial charge >= 0.3 is 6.18 Å². The number of hydrogen-bond donors (Lipinski definition) is 0. The van der Waals surface area contributed by atoms with Crippen molar-refractivity contribution in [1.29, 1.82) is 0 Å². The topological polar surface area (TPSA) is 47.4 Å². The first-order chi connectivity index (χ1) is 10.4. The fourth-order valence-corrected chi connectivity index (χ4v) is 3.11. The van der Waals surface area contributed by atoms with Crippen molar-refractivity contribution in [1.82, 2.24) is 14.5 Å². The molecule has 0 aromatic carbocycles. The molecule has 1 fully saturated rings. The first kappa shape index (κ1) is 15.3. The van der Waals surface area contributed by atoms with E-state index in [4.69, 9.17) is 4.74 Å². The first-order valence-corrected chi connectivity index (χ1v) is 7.37. The molecule has 0 bridgehead atoms. The molecule has 2 aliphatic heterocycles. The van der Waals surface area contributed by atoms with Crippen molar-refractivity contribution in [3.05, 3.63) is 17.7 Å². The fourth-order valence-electron chi connectivity index (χ4n) is 3.11. The minimum atomic E-state index is -4.19. The van der Waals surface area contributed by atoms with E-state index in [-0.39, 0.29) is 31.0 Å². The van der Waals surface area contributed by atoms with Crippen LogP contribution in [0.4, 0.5) is 13.2 Å². The van der Waals surface area contributed by atoms with Gasteiger partial charge in [0, 0.05) is 25.3 Å². The Labute approximate surface area is 126 Å². The summed E-state index contributed by atoms with van der Waals surface area (Å²) in [4.78, 5) is 18.3. The van der Waals surface area contributed by atoms with Crippen molar-refractivity contribution in [2.45, 2.75) is 45.1 Å². The van der Waals surface area contributed by atoms with E-state index in [1.807, 2.05) is 4.57 Å². The second kappa shape index (κ2) is 5.57. The molecule has 0 saturated carbocycles. The summed E-state index contributed by atoms with van der Waals surface area (Å²) in [5.74, 6) is -0.933. The summed E-state index contributed by atoms with van der Waals surface area (Å²) in [5, 5.41) is 0. The summed E-state index contributed by atoms with van der Waals surface area (Å²) in [6, 6.07) is -0.442. The van der Waals surface area contributed by atoms with Gasteiger partial charge in [0.1, 0.15) is 18.1 Å². The van der Waals surface area contributed by atoms with Gasteiger partial charge in [0.2, 0.25) is 0 Å². The molecule has 0 N–H and O–H groups in total. The number of aromatic nitrogens is 2. The molecule has 2 aliphatic rings. The minimum Gasteiger partial charge on any atom is -0.372 e. The molecule has 5 nitrogen and oxygen atoms in total. The van der Waals surface area contributed by atoms with Crippen molar-refractivity contribution >= 4 is 5.91 Å². The summed E-state index contributed by atoms with van der Waals surface area (Å²) in [5.41, 5.74) is 0.290.